The van der Waals surface area contributed by atoms with Crippen LogP contribution in [0, 0.1) is 6.92 Å². The molecule has 0 bridgehead atoms. The van der Waals surface area contributed by atoms with E-state index in [2.05, 4.69) is 16.1 Å². The van der Waals surface area contributed by atoms with Crippen molar-refractivity contribution in [3.63, 3.8) is 0 Å². The van der Waals surface area contributed by atoms with Crippen LogP contribution in [0.5, 0.6) is 0 Å². The summed E-state index contributed by atoms with van der Waals surface area (Å²) in [7, 11) is -3.60. The van der Waals surface area contributed by atoms with Crippen LogP contribution in [-0.4, -0.2) is 20.1 Å². The number of pyridine rings is 1. The van der Waals surface area contributed by atoms with Gasteiger partial charge in [-0.2, -0.15) is 0 Å². The summed E-state index contributed by atoms with van der Waals surface area (Å²) in [5.41, 5.74) is 1.29. The molecule has 1 N–H and O–H groups in total. The molecular weight excluding hydrogens is 194 g/mol. The third-order valence-electron chi connectivity index (χ3n) is 1.09. The Labute approximate surface area is 77.3 Å². The number of rotatable bonds is 1. The Morgan fingerprint density at radius 2 is 1.77 bits per heavy atom. The molecule has 0 spiro atoms. The molecule has 0 aromatic carbocycles. The normalized spacial score (nSPS) is 10.1. The average molecular weight is 205 g/mol. The first kappa shape index (κ1) is 12.0. The van der Waals surface area contributed by atoms with E-state index in [4.69, 9.17) is 0 Å². The molecule has 1 aromatic rings. The molecule has 0 saturated heterocycles. The highest BCUT2D eigenvalue weighted by molar-refractivity contribution is 7.80. The second-order valence-corrected chi connectivity index (χ2v) is 3.30. The monoisotopic (exact) mass is 205 g/mol. The van der Waals surface area contributed by atoms with Crippen LogP contribution in [0.4, 0.5) is 0 Å². The second kappa shape index (κ2) is 5.63. The molecular formula is C7H11NO4S. The highest BCUT2D eigenvalue weighted by Gasteiger charge is 1.79. The summed E-state index contributed by atoms with van der Waals surface area (Å²) in [5, 5.41) is 0. The number of hydrogen-bond donors (Lipinski definition) is 0. The number of aromatic amines is 1. The topological polar surface area (TPSA) is 80.6 Å². The van der Waals surface area contributed by atoms with Gasteiger partial charge in [0.1, 0.15) is 0 Å². The van der Waals surface area contributed by atoms with E-state index >= 15 is 0 Å². The standard InChI is InChI=1S/C6H7N.CH4O4S/c1-6-2-4-7-5-3-6;1-5-6(2,3)4/h2-5H,1H3;1H3,(H,2,3,4). The van der Waals surface area contributed by atoms with Gasteiger partial charge in [0.15, 0.2) is 12.4 Å². The van der Waals surface area contributed by atoms with E-state index in [1.54, 1.807) is 0 Å². The molecule has 5 nitrogen and oxygen atoms in total. The Kier molecular flexibility index (Phi) is 5.20. The summed E-state index contributed by atoms with van der Waals surface area (Å²) >= 11 is 0. The lowest BCUT2D eigenvalue weighted by Gasteiger charge is -1.98. The number of H-pyrrole nitrogens is 1. The summed E-state index contributed by atoms with van der Waals surface area (Å²) in [6.45, 7) is 2.06. The first-order valence-electron chi connectivity index (χ1n) is 3.40. The largest absolute Gasteiger partial charge is 0.726 e. The van der Waals surface area contributed by atoms with Gasteiger partial charge >= 0.3 is 0 Å². The molecule has 0 aliphatic rings. The molecule has 74 valence electrons. The Bertz CT molecular complexity index is 322. The molecule has 0 radical (unpaired) electrons. The summed E-state index contributed by atoms with van der Waals surface area (Å²) in [4.78, 5) is 2.93. The summed E-state index contributed by atoms with van der Waals surface area (Å²) in [6, 6.07) is 4.06. The minimum Gasteiger partial charge on any atom is -0.726 e. The van der Waals surface area contributed by atoms with Gasteiger partial charge in [0, 0.05) is 12.1 Å². The lowest BCUT2D eigenvalue weighted by Crippen LogP contribution is -1.97. The van der Waals surface area contributed by atoms with Crippen molar-refractivity contribution in [1.29, 1.82) is 0 Å². The van der Waals surface area contributed by atoms with E-state index in [0.717, 1.165) is 7.11 Å². The Balaban J connectivity index is 0.000000226. The predicted molar refractivity (Wildman–Crippen MR) is 44.4 cm³/mol. The second-order valence-electron chi connectivity index (χ2n) is 2.15. The molecule has 0 saturated carbocycles. The zero-order chi connectivity index (χ0) is 10.3. The van der Waals surface area contributed by atoms with Gasteiger partial charge in [-0.15, -0.1) is 0 Å². The molecule has 0 fully saturated rings. The van der Waals surface area contributed by atoms with E-state index in [9.17, 15) is 13.0 Å². The zero-order valence-electron chi connectivity index (χ0n) is 7.35. The van der Waals surface area contributed by atoms with E-state index in [1.807, 2.05) is 24.5 Å². The predicted octanol–water partition coefficient (Wildman–Crippen LogP) is -0.0979. The minimum atomic E-state index is -4.41. The first-order chi connectivity index (χ1) is 5.95. The molecule has 1 rings (SSSR count). The lowest BCUT2D eigenvalue weighted by atomic mass is 10.3. The smallest absolute Gasteiger partial charge is 0.217 e. The molecule has 0 amide bonds. The molecule has 1 aromatic heterocycles. The van der Waals surface area contributed by atoms with Crippen molar-refractivity contribution in [3.05, 3.63) is 30.1 Å². The molecule has 6 heteroatoms. The van der Waals surface area contributed by atoms with E-state index in [0.29, 0.717) is 0 Å². The number of hydrogen-bond acceptors (Lipinski definition) is 4. The quantitative estimate of drug-likeness (QED) is 0.473. The fraction of sp³-hybridized carbons (Fsp3) is 0.286. The molecule has 0 unspecified atom stereocenters. The van der Waals surface area contributed by atoms with Crippen molar-refractivity contribution in [2.24, 2.45) is 0 Å². The van der Waals surface area contributed by atoms with Crippen LogP contribution in [0.3, 0.4) is 0 Å². The van der Waals surface area contributed by atoms with Crippen molar-refractivity contribution in [2.75, 3.05) is 7.11 Å². The lowest BCUT2D eigenvalue weighted by molar-refractivity contribution is -0.378. The van der Waals surface area contributed by atoms with Crippen molar-refractivity contribution in [1.82, 2.24) is 0 Å². The van der Waals surface area contributed by atoms with Crippen LogP contribution in [0.1, 0.15) is 5.56 Å². The third kappa shape index (κ3) is 8.93. The SMILES string of the molecule is COS(=O)(=O)[O-].Cc1cc[nH+]cc1. The van der Waals surface area contributed by atoms with Gasteiger partial charge in [0.2, 0.25) is 10.4 Å². The van der Waals surface area contributed by atoms with Crippen LogP contribution < -0.4 is 4.98 Å². The van der Waals surface area contributed by atoms with Gasteiger partial charge in [0.25, 0.3) is 0 Å². The van der Waals surface area contributed by atoms with Gasteiger partial charge in [-0.25, -0.2) is 13.4 Å². The van der Waals surface area contributed by atoms with Crippen LogP contribution in [-0.2, 0) is 14.6 Å². The average Bonchev–Trinajstić information content (AvgIpc) is 2.06. The maximum absolute atomic E-state index is 9.22. The summed E-state index contributed by atoms with van der Waals surface area (Å²) < 4.78 is 31.0. The molecule has 0 aliphatic carbocycles. The zero-order valence-corrected chi connectivity index (χ0v) is 8.17. The van der Waals surface area contributed by atoms with Crippen LogP contribution in [0.25, 0.3) is 0 Å². The Morgan fingerprint density at radius 1 is 1.38 bits per heavy atom. The van der Waals surface area contributed by atoms with Gasteiger partial charge in [0.05, 0.1) is 7.11 Å². The maximum atomic E-state index is 9.22. The molecule has 1 heterocycles. The first-order valence-corrected chi connectivity index (χ1v) is 4.73. The van der Waals surface area contributed by atoms with E-state index in [-0.39, 0.29) is 0 Å². The molecule has 0 atom stereocenters. The highest BCUT2D eigenvalue weighted by Crippen LogP contribution is 1.86. The van der Waals surface area contributed by atoms with Crippen LogP contribution in [0.2, 0.25) is 0 Å². The summed E-state index contributed by atoms with van der Waals surface area (Å²) in [5.74, 6) is 0. The van der Waals surface area contributed by atoms with E-state index in [1.165, 1.54) is 5.56 Å². The van der Waals surface area contributed by atoms with Crippen molar-refractivity contribution in [3.8, 4) is 0 Å². The Hall–Kier alpha value is -0.980. The van der Waals surface area contributed by atoms with Crippen LogP contribution >= 0.6 is 0 Å². The number of aromatic nitrogens is 1. The number of aryl methyl sites for hydroxylation is 1. The Morgan fingerprint density at radius 3 is 1.92 bits per heavy atom. The summed E-state index contributed by atoms with van der Waals surface area (Å²) in [6.07, 6.45) is 3.82. The van der Waals surface area contributed by atoms with Crippen molar-refractivity contribution in [2.45, 2.75) is 6.92 Å². The third-order valence-corrected chi connectivity index (χ3v) is 1.50. The maximum Gasteiger partial charge on any atom is 0.217 e. The van der Waals surface area contributed by atoms with Crippen LogP contribution in [0.15, 0.2) is 24.5 Å². The van der Waals surface area contributed by atoms with Gasteiger partial charge < -0.3 is 4.55 Å². The van der Waals surface area contributed by atoms with Gasteiger partial charge in [-0.05, 0) is 12.5 Å². The van der Waals surface area contributed by atoms with Crippen molar-refractivity contribution < 1.29 is 22.1 Å². The van der Waals surface area contributed by atoms with Crippen molar-refractivity contribution >= 4 is 10.4 Å². The fourth-order valence-electron chi connectivity index (χ4n) is 0.470. The van der Waals surface area contributed by atoms with E-state index < -0.39 is 10.4 Å². The molecule has 13 heavy (non-hydrogen) atoms. The van der Waals surface area contributed by atoms with Gasteiger partial charge in [-0.3, -0.25) is 4.18 Å². The van der Waals surface area contributed by atoms with Gasteiger partial charge in [-0.1, -0.05) is 0 Å². The highest BCUT2D eigenvalue weighted by atomic mass is 32.3. The fourth-order valence-corrected chi connectivity index (χ4v) is 0.470. The minimum absolute atomic E-state index is 0.808. The molecule has 0 aliphatic heterocycles. The number of nitrogens with one attached hydrogen (secondary N) is 1.